The average molecular weight is 1500 g/mol. The molecule has 0 amide bonds. The molecule has 96 heavy (non-hydrogen) atoms. The van der Waals surface area contributed by atoms with Gasteiger partial charge in [0.05, 0.1) is 21.2 Å². The van der Waals surface area contributed by atoms with Crippen LogP contribution in [0.25, 0.3) is 0 Å². The van der Waals surface area contributed by atoms with E-state index in [1.807, 2.05) is 69.2 Å². The van der Waals surface area contributed by atoms with Crippen LogP contribution in [0.2, 0.25) is 0 Å². The molecule has 0 spiro atoms. The summed E-state index contributed by atoms with van der Waals surface area (Å²) >= 11 is 0. The molecule has 0 heterocycles. The van der Waals surface area contributed by atoms with Crippen LogP contribution >= 0.6 is 74.1 Å². The molecule has 7 atom stereocenters. The van der Waals surface area contributed by atoms with Crippen molar-refractivity contribution >= 4 is 125 Å². The summed E-state index contributed by atoms with van der Waals surface area (Å²) in [6, 6.07) is 0. The normalized spacial score (nSPS) is 15.1. The lowest BCUT2D eigenvalue weighted by atomic mass is 9.98. The van der Waals surface area contributed by atoms with Crippen molar-refractivity contribution < 1.29 is 0 Å². The van der Waals surface area contributed by atoms with Crippen molar-refractivity contribution in [2.75, 3.05) is 30.5 Å². The van der Waals surface area contributed by atoms with E-state index < -0.39 is 0 Å². The highest BCUT2D eigenvalue weighted by molar-refractivity contribution is 8.28. The molecule has 5 N–H and O–H groups in total. The van der Waals surface area contributed by atoms with Crippen LogP contribution in [-0.2, 0) is 0 Å². The zero-order valence-electron chi connectivity index (χ0n) is 76.7. The molecule has 0 aromatic carbocycles. The summed E-state index contributed by atoms with van der Waals surface area (Å²) in [6.07, 6.45) is 0. The quantitative estimate of drug-likeness (QED) is 0.0855. The van der Waals surface area contributed by atoms with Crippen molar-refractivity contribution in [1.82, 2.24) is 24.2 Å². The van der Waals surface area contributed by atoms with Gasteiger partial charge >= 0.3 is 0 Å². The van der Waals surface area contributed by atoms with Crippen LogP contribution in [0.1, 0.15) is 374 Å². The third-order valence-electron chi connectivity index (χ3n) is 9.97. The zero-order chi connectivity index (χ0) is 81.7. The summed E-state index contributed by atoms with van der Waals surface area (Å²) in [6.45, 7) is 119. The molecular weight excluding hydrogens is 1310 g/mol. The second kappa shape index (κ2) is 56.1. The van der Waals surface area contributed by atoms with Crippen LogP contribution in [0.4, 0.5) is 0 Å². The number of nitrogens with zero attached hydrogens (tertiary/aromatic N) is 2. The highest BCUT2D eigenvalue weighted by Gasteiger charge is 2.22. The van der Waals surface area contributed by atoms with E-state index in [1.165, 1.54) is 10.1 Å². The number of rotatable bonds is 10. The second-order valence-corrected chi connectivity index (χ2v) is 52.9. The van der Waals surface area contributed by atoms with Gasteiger partial charge in [-0.1, -0.05) is 297 Å². The molecule has 0 bridgehead atoms. The standard InChI is InChI=1S/2C11H23NS.5C10H23NS.5C2H6/c2*1-9(12-10(2,3)4)13(8)11(5,6)7;1-9(2,3)11-8-12(7)10(4,5)6;2*1-9(2,3)8-12(7)11-10(4,5)6;2*1-9(2,3)8-11-12(7)10(4,5)6;5*1-2/h2*8H2,1-7H3;5*11H,7-8H2,1-6H3;5*1-2H3. The van der Waals surface area contributed by atoms with Gasteiger partial charge in [-0.25, -0.2) is 0 Å². The minimum atomic E-state index is 0.0214. The van der Waals surface area contributed by atoms with Gasteiger partial charge in [-0.3, -0.25) is 28.9 Å². The third kappa shape index (κ3) is 111. The minimum Gasteiger partial charge on any atom is -0.304 e. The van der Waals surface area contributed by atoms with Gasteiger partial charge in [-0.05, 0) is 139 Å². The Hall–Kier alpha value is 0.680. The lowest BCUT2D eigenvalue weighted by Crippen LogP contribution is -2.37. The summed E-state index contributed by atoms with van der Waals surface area (Å²) in [7, 11) is 0.562. The maximum atomic E-state index is 4.64. The fourth-order valence-corrected chi connectivity index (χ4v) is 15.1. The average Bonchev–Trinajstić information content (AvgIpc) is 3.46. The maximum Gasteiger partial charge on any atom is 0.0597 e. The molecule has 0 aromatic rings. The Balaban J connectivity index is -0.0000000838. The highest BCUT2D eigenvalue weighted by Crippen LogP contribution is 2.34. The number of nitrogens with one attached hydrogen (secondary N) is 5. The molecule has 0 aliphatic rings. The van der Waals surface area contributed by atoms with Gasteiger partial charge in [0, 0.05) is 70.8 Å². The molecule has 0 radical (unpaired) electrons. The van der Waals surface area contributed by atoms with Gasteiger partial charge in [0.15, 0.2) is 0 Å². The molecule has 0 aromatic heterocycles. The lowest BCUT2D eigenvalue weighted by molar-refractivity contribution is 0.414. The molecule has 0 aliphatic heterocycles. The summed E-state index contributed by atoms with van der Waals surface area (Å²) < 4.78 is 15.3. The molecule has 0 saturated carbocycles. The topological polar surface area (TPSA) is 84.9 Å². The summed E-state index contributed by atoms with van der Waals surface area (Å²) in [5.41, 5.74) is 2.12. The number of hydrogen-bond acceptors (Lipinski definition) is 7. The SMILES string of the molecule is C=S(C(C)=NC(C)(C)C)C(C)(C)C.C=S(C(C)=NC(C)(C)C)C(C)(C)C.C=S(CC(C)(C)C)NC(C)(C)C.C=S(CC(C)(C)C)NC(C)(C)C.C=S(CNC(C)(C)C)C(C)(C)C.C=S(NCC(C)(C)C)C(C)(C)C.C=S(NCC(C)(C)C)C(C)(C)C.CC.CC.CC.CC.CC. The van der Waals surface area contributed by atoms with E-state index in [9.17, 15) is 0 Å². The van der Waals surface area contributed by atoms with Crippen LogP contribution in [-0.4, -0.2) is 133 Å². The Morgan fingerprint density at radius 1 is 0.292 bits per heavy atom. The van der Waals surface area contributed by atoms with Gasteiger partial charge < -0.3 is 5.32 Å². The van der Waals surface area contributed by atoms with Crippen molar-refractivity contribution in [3.05, 3.63) is 0 Å². The van der Waals surface area contributed by atoms with Gasteiger partial charge in [-0.2, -0.15) is 10.5 Å². The summed E-state index contributed by atoms with van der Waals surface area (Å²) in [5.74, 6) is 32.4. The zero-order valence-corrected chi connectivity index (χ0v) is 82.5. The van der Waals surface area contributed by atoms with E-state index in [0.29, 0.717) is 26.4 Å². The molecule has 14 heteroatoms. The van der Waals surface area contributed by atoms with Gasteiger partial charge in [0.1, 0.15) is 0 Å². The first kappa shape index (κ1) is 123. The summed E-state index contributed by atoms with van der Waals surface area (Å²) in [5, 5.41) is 5.84. The van der Waals surface area contributed by atoms with Crippen molar-refractivity contribution in [2.45, 2.75) is 425 Å². The third-order valence-corrected chi connectivity index (χ3v) is 24.9. The predicted molar refractivity (Wildman–Crippen MR) is 501 cm³/mol. The first-order valence-electron chi connectivity index (χ1n) is 36.3. The van der Waals surface area contributed by atoms with Crippen molar-refractivity contribution in [2.24, 2.45) is 31.6 Å². The van der Waals surface area contributed by atoms with E-state index in [-0.39, 0.29) is 121 Å². The van der Waals surface area contributed by atoms with Crippen molar-refractivity contribution in [3.63, 3.8) is 0 Å². The molecule has 0 rings (SSSR count). The van der Waals surface area contributed by atoms with Crippen LogP contribution in [0.15, 0.2) is 9.98 Å². The van der Waals surface area contributed by atoms with Gasteiger partial charge in [0.25, 0.3) is 0 Å². The predicted octanol–water partition coefficient (Wildman–Crippen LogP) is 27.5. The van der Waals surface area contributed by atoms with E-state index >= 15 is 0 Å². The Bertz CT molecular complexity index is 1880. The van der Waals surface area contributed by atoms with E-state index in [4.69, 9.17) is 0 Å². The maximum absolute atomic E-state index is 4.64. The van der Waals surface area contributed by atoms with Crippen molar-refractivity contribution in [3.8, 4) is 0 Å². The smallest absolute Gasteiger partial charge is 0.0597 e. The molecule has 7 nitrogen and oxygen atoms in total. The molecular formula is C82H191N7S7. The Kier molecular flexibility index (Phi) is 72.1. The molecule has 0 aliphatic carbocycles. The van der Waals surface area contributed by atoms with E-state index in [0.717, 1.165) is 30.5 Å². The van der Waals surface area contributed by atoms with Gasteiger partial charge in [-0.15, -0.1) is 63.6 Å². The van der Waals surface area contributed by atoms with Crippen LogP contribution in [0.5, 0.6) is 0 Å². The van der Waals surface area contributed by atoms with Crippen LogP contribution in [0, 0.1) is 21.7 Å². The van der Waals surface area contributed by atoms with E-state index in [2.05, 4.69) is 380 Å². The molecule has 7 unspecified atom stereocenters. The first-order chi connectivity index (χ1) is 41.7. The first-order valence-corrected chi connectivity index (χ1v) is 46.5. The fraction of sp³-hybridized carbons (Fsp3) is 0.890. The minimum absolute atomic E-state index is 0.0214. The second-order valence-electron chi connectivity index (χ2n) is 37.7. The van der Waals surface area contributed by atoms with Crippen LogP contribution < -0.4 is 24.2 Å². The molecule has 0 fully saturated rings. The highest BCUT2D eigenvalue weighted by atomic mass is 32.2. The fourth-order valence-electron chi connectivity index (χ4n) is 5.49. The van der Waals surface area contributed by atoms with Crippen molar-refractivity contribution in [1.29, 1.82) is 0 Å². The monoisotopic (exact) mass is 1500 g/mol. The molecule has 596 valence electrons. The van der Waals surface area contributed by atoms with Crippen LogP contribution in [0.3, 0.4) is 0 Å². The summed E-state index contributed by atoms with van der Waals surface area (Å²) in [4.78, 5) is 9.28. The Morgan fingerprint density at radius 2 is 0.500 bits per heavy atom. The Morgan fingerprint density at radius 3 is 0.625 bits per heavy atom. The van der Waals surface area contributed by atoms with E-state index in [1.54, 1.807) is 0 Å². The van der Waals surface area contributed by atoms with Gasteiger partial charge in [0.2, 0.25) is 0 Å². The number of hydrogen-bond donors (Lipinski definition) is 5. The Labute approximate surface area is 632 Å². The molecule has 0 saturated heterocycles. The largest absolute Gasteiger partial charge is 0.304 e. The number of aliphatic imine (C=N–C) groups is 2. The lowest BCUT2D eigenvalue weighted by Gasteiger charge is -2.28.